The molecule has 0 saturated carbocycles. The van der Waals surface area contributed by atoms with E-state index in [4.69, 9.17) is 10.8 Å². The van der Waals surface area contributed by atoms with Gasteiger partial charge in [-0.25, -0.2) is 0 Å². The van der Waals surface area contributed by atoms with Gasteiger partial charge in [-0.1, -0.05) is 13.8 Å². The maximum atomic E-state index is 11.9. The van der Waals surface area contributed by atoms with E-state index < -0.39 is 5.54 Å². The van der Waals surface area contributed by atoms with E-state index in [1.54, 1.807) is 14.0 Å². The Balaban J connectivity index is 4.59. The molecule has 1 unspecified atom stereocenters. The van der Waals surface area contributed by atoms with Gasteiger partial charge in [0.2, 0.25) is 5.91 Å². The summed E-state index contributed by atoms with van der Waals surface area (Å²) in [6, 6.07) is -0.177. The lowest BCUT2D eigenvalue weighted by molar-refractivity contribution is -0.138. The van der Waals surface area contributed by atoms with Gasteiger partial charge in [-0.05, 0) is 19.8 Å². The van der Waals surface area contributed by atoms with E-state index in [-0.39, 0.29) is 18.6 Å². The predicted molar refractivity (Wildman–Crippen MR) is 56.8 cm³/mol. The van der Waals surface area contributed by atoms with Gasteiger partial charge >= 0.3 is 0 Å². The Hall–Kier alpha value is -0.610. The lowest BCUT2D eigenvalue weighted by Gasteiger charge is -2.33. The van der Waals surface area contributed by atoms with Crippen LogP contribution in [0.1, 0.15) is 33.6 Å². The number of likely N-dealkylation sites (N-methyl/N-ethyl adjacent to an activating group) is 1. The molecule has 0 fully saturated rings. The summed E-state index contributed by atoms with van der Waals surface area (Å²) < 4.78 is 0. The molecule has 0 aromatic heterocycles. The highest BCUT2D eigenvalue weighted by Gasteiger charge is 2.33. The van der Waals surface area contributed by atoms with Gasteiger partial charge in [0.15, 0.2) is 0 Å². The molecule has 1 atom stereocenters. The van der Waals surface area contributed by atoms with E-state index in [1.807, 2.05) is 13.8 Å². The van der Waals surface area contributed by atoms with Crippen LogP contribution in [0.2, 0.25) is 0 Å². The molecule has 0 aromatic rings. The second-order valence-electron chi connectivity index (χ2n) is 3.81. The van der Waals surface area contributed by atoms with Crippen molar-refractivity contribution in [1.29, 1.82) is 0 Å². The number of aliphatic hydroxyl groups is 1. The summed E-state index contributed by atoms with van der Waals surface area (Å²) in [5.41, 5.74) is 5.18. The molecule has 0 aromatic carbocycles. The molecule has 0 radical (unpaired) electrons. The minimum absolute atomic E-state index is 0.0360. The zero-order valence-electron chi connectivity index (χ0n) is 9.58. The molecule has 14 heavy (non-hydrogen) atoms. The van der Waals surface area contributed by atoms with E-state index in [9.17, 15) is 4.79 Å². The largest absolute Gasteiger partial charge is 0.394 e. The second kappa shape index (κ2) is 5.32. The molecule has 1 amide bonds. The molecule has 84 valence electrons. The van der Waals surface area contributed by atoms with Crippen LogP contribution in [0, 0.1) is 0 Å². The topological polar surface area (TPSA) is 66.6 Å². The van der Waals surface area contributed by atoms with E-state index in [0.717, 1.165) is 0 Å². The number of carbonyl (C=O) groups excluding carboxylic acids is 1. The number of nitrogens with zero attached hydrogens (tertiary/aromatic N) is 1. The van der Waals surface area contributed by atoms with Crippen molar-refractivity contribution < 1.29 is 9.90 Å². The number of aliphatic hydroxyl groups excluding tert-OH is 1. The van der Waals surface area contributed by atoms with Crippen molar-refractivity contribution in [3.8, 4) is 0 Å². The molecular weight excluding hydrogens is 180 g/mol. The fraction of sp³-hybridized carbons (Fsp3) is 0.900. The summed E-state index contributed by atoms with van der Waals surface area (Å²) in [6.45, 7) is 5.56. The van der Waals surface area contributed by atoms with Crippen LogP contribution in [0.5, 0.6) is 0 Å². The number of rotatable bonds is 5. The molecule has 0 rings (SSSR count). The van der Waals surface area contributed by atoms with E-state index in [1.165, 1.54) is 4.90 Å². The second-order valence-corrected chi connectivity index (χ2v) is 3.81. The standard InChI is InChI=1S/C10H22N2O2/c1-5-10(11,6-2)9(14)12(4)8(3)7-13/h8,13H,5-7,11H2,1-4H3. The molecule has 0 bridgehead atoms. The van der Waals surface area contributed by atoms with Gasteiger partial charge in [0.1, 0.15) is 0 Å². The fourth-order valence-electron chi connectivity index (χ4n) is 1.23. The first-order chi connectivity index (χ1) is 6.42. The molecule has 0 aliphatic carbocycles. The smallest absolute Gasteiger partial charge is 0.242 e. The molecular formula is C10H22N2O2. The lowest BCUT2D eigenvalue weighted by Crippen LogP contribution is -2.56. The van der Waals surface area contributed by atoms with Crippen molar-refractivity contribution >= 4 is 5.91 Å². The fourth-order valence-corrected chi connectivity index (χ4v) is 1.23. The summed E-state index contributed by atoms with van der Waals surface area (Å²) in [5, 5.41) is 8.93. The van der Waals surface area contributed by atoms with E-state index in [2.05, 4.69) is 0 Å². The van der Waals surface area contributed by atoms with Crippen LogP contribution in [0.3, 0.4) is 0 Å². The Kier molecular flexibility index (Phi) is 5.08. The Bertz CT molecular complexity index is 191. The number of amides is 1. The lowest BCUT2D eigenvalue weighted by atomic mass is 9.92. The van der Waals surface area contributed by atoms with Crippen LogP contribution in [0.4, 0.5) is 0 Å². The van der Waals surface area contributed by atoms with Gasteiger partial charge in [-0.2, -0.15) is 0 Å². The van der Waals surface area contributed by atoms with Gasteiger partial charge in [0.25, 0.3) is 0 Å². The summed E-state index contributed by atoms with van der Waals surface area (Å²) >= 11 is 0. The Morgan fingerprint density at radius 3 is 2.21 bits per heavy atom. The van der Waals surface area contributed by atoms with Crippen molar-refractivity contribution in [1.82, 2.24) is 4.90 Å². The summed E-state index contributed by atoms with van der Waals surface area (Å²) in [5.74, 6) is -0.0935. The first-order valence-electron chi connectivity index (χ1n) is 5.09. The predicted octanol–water partition coefficient (Wildman–Crippen LogP) is 0.343. The minimum atomic E-state index is -0.780. The van der Waals surface area contributed by atoms with Crippen LogP contribution >= 0.6 is 0 Å². The average Bonchev–Trinajstić information content (AvgIpc) is 2.24. The Morgan fingerprint density at radius 2 is 1.93 bits per heavy atom. The number of hydrogen-bond donors (Lipinski definition) is 2. The summed E-state index contributed by atoms with van der Waals surface area (Å²) in [4.78, 5) is 13.4. The Morgan fingerprint density at radius 1 is 1.50 bits per heavy atom. The maximum Gasteiger partial charge on any atom is 0.242 e. The molecule has 0 aliphatic heterocycles. The van der Waals surface area contributed by atoms with Crippen molar-refractivity contribution in [2.45, 2.75) is 45.2 Å². The molecule has 3 N–H and O–H groups in total. The van der Waals surface area contributed by atoms with Crippen LogP contribution in [-0.2, 0) is 4.79 Å². The van der Waals surface area contributed by atoms with Crippen LogP contribution in [0.15, 0.2) is 0 Å². The van der Waals surface area contributed by atoms with Crippen molar-refractivity contribution in [2.24, 2.45) is 5.73 Å². The van der Waals surface area contributed by atoms with E-state index >= 15 is 0 Å². The third kappa shape index (κ3) is 2.69. The third-order valence-electron chi connectivity index (χ3n) is 2.93. The summed E-state index contributed by atoms with van der Waals surface area (Å²) in [7, 11) is 1.68. The highest BCUT2D eigenvalue weighted by Crippen LogP contribution is 2.15. The van der Waals surface area contributed by atoms with Gasteiger partial charge in [-0.3, -0.25) is 4.79 Å². The van der Waals surface area contributed by atoms with Gasteiger partial charge < -0.3 is 15.7 Å². The quantitative estimate of drug-likeness (QED) is 0.675. The van der Waals surface area contributed by atoms with Gasteiger partial charge in [-0.15, -0.1) is 0 Å². The monoisotopic (exact) mass is 202 g/mol. The molecule has 0 aliphatic rings. The maximum absolute atomic E-state index is 11.9. The molecule has 0 saturated heterocycles. The SMILES string of the molecule is CCC(N)(CC)C(=O)N(C)C(C)CO. The highest BCUT2D eigenvalue weighted by molar-refractivity contribution is 5.86. The van der Waals surface area contributed by atoms with Gasteiger partial charge in [0, 0.05) is 7.05 Å². The molecule has 4 heteroatoms. The number of nitrogens with two attached hydrogens (primary N) is 1. The van der Waals surface area contributed by atoms with Crippen LogP contribution in [0.25, 0.3) is 0 Å². The highest BCUT2D eigenvalue weighted by atomic mass is 16.3. The first kappa shape index (κ1) is 13.4. The van der Waals surface area contributed by atoms with Gasteiger partial charge in [0.05, 0.1) is 18.2 Å². The molecule has 4 nitrogen and oxygen atoms in total. The Labute approximate surface area is 86.1 Å². The molecule has 0 spiro atoms. The van der Waals surface area contributed by atoms with Crippen LogP contribution < -0.4 is 5.73 Å². The van der Waals surface area contributed by atoms with Crippen molar-refractivity contribution in [3.05, 3.63) is 0 Å². The zero-order valence-corrected chi connectivity index (χ0v) is 9.58. The first-order valence-corrected chi connectivity index (χ1v) is 5.09. The number of hydrogen-bond acceptors (Lipinski definition) is 3. The van der Waals surface area contributed by atoms with Crippen molar-refractivity contribution in [3.63, 3.8) is 0 Å². The minimum Gasteiger partial charge on any atom is -0.394 e. The zero-order chi connectivity index (χ0) is 11.4. The van der Waals surface area contributed by atoms with Crippen molar-refractivity contribution in [2.75, 3.05) is 13.7 Å². The van der Waals surface area contributed by atoms with E-state index in [0.29, 0.717) is 12.8 Å². The third-order valence-corrected chi connectivity index (χ3v) is 2.93. The average molecular weight is 202 g/mol. The van der Waals surface area contributed by atoms with Crippen LogP contribution in [-0.4, -0.2) is 41.1 Å². The normalized spacial score (nSPS) is 13.9. The summed E-state index contributed by atoms with van der Waals surface area (Å²) in [6.07, 6.45) is 1.23. The molecule has 0 heterocycles. The number of carbonyl (C=O) groups is 1.